The van der Waals surface area contributed by atoms with Crippen LogP contribution in [0.3, 0.4) is 0 Å². The van der Waals surface area contributed by atoms with E-state index in [-0.39, 0.29) is 36.8 Å². The van der Waals surface area contributed by atoms with E-state index in [2.05, 4.69) is 5.32 Å². The molecular weight excluding hydrogens is 392 g/mol. The molecule has 0 bridgehead atoms. The van der Waals surface area contributed by atoms with Crippen LogP contribution < -0.4 is 10.1 Å². The zero-order valence-electron chi connectivity index (χ0n) is 18.8. The Kier molecular flexibility index (Phi) is 7.13. The minimum absolute atomic E-state index is 0.0237. The van der Waals surface area contributed by atoms with Crippen molar-refractivity contribution < 1.29 is 19.1 Å². The highest BCUT2D eigenvalue weighted by Crippen LogP contribution is 2.33. The number of rotatable bonds is 9. The third-order valence-corrected chi connectivity index (χ3v) is 5.18. The number of ether oxygens (including phenoxy) is 2. The summed E-state index contributed by atoms with van der Waals surface area (Å²) in [6.07, 6.45) is 0.0237. The highest BCUT2D eigenvalue weighted by Gasteiger charge is 2.39. The second kappa shape index (κ2) is 9.79. The third-order valence-electron chi connectivity index (χ3n) is 5.18. The molecular formula is C25H30N2O4. The summed E-state index contributed by atoms with van der Waals surface area (Å²) in [7, 11) is 0. The first-order chi connectivity index (χ1) is 14.8. The number of nitrogens with one attached hydrogen (secondary N) is 1. The first-order valence-electron chi connectivity index (χ1n) is 10.6. The van der Waals surface area contributed by atoms with Gasteiger partial charge < -0.3 is 14.8 Å². The third kappa shape index (κ3) is 4.97. The van der Waals surface area contributed by atoms with Gasteiger partial charge in [0.15, 0.2) is 0 Å². The summed E-state index contributed by atoms with van der Waals surface area (Å²) in [4.78, 5) is 27.9. The largest absolute Gasteiger partial charge is 0.492 e. The number of amides is 2. The second-order valence-corrected chi connectivity index (χ2v) is 7.78. The number of carbonyl (C=O) groups excluding carboxylic acids is 2. The smallest absolute Gasteiger partial charge is 0.278 e. The lowest BCUT2D eigenvalue weighted by Crippen LogP contribution is -2.35. The zero-order chi connectivity index (χ0) is 22.5. The Morgan fingerprint density at radius 1 is 1.00 bits per heavy atom. The van der Waals surface area contributed by atoms with Crippen LogP contribution in [0.25, 0.3) is 5.57 Å². The van der Waals surface area contributed by atoms with Gasteiger partial charge in [-0.2, -0.15) is 0 Å². The molecule has 0 aliphatic carbocycles. The molecule has 0 atom stereocenters. The number of hydrogen-bond donors (Lipinski definition) is 1. The van der Waals surface area contributed by atoms with Crippen LogP contribution in [0.5, 0.6) is 5.75 Å². The molecule has 0 saturated heterocycles. The Balaban J connectivity index is 2.02. The van der Waals surface area contributed by atoms with Gasteiger partial charge in [-0.25, -0.2) is 0 Å². The number of anilines is 1. The number of nitrogens with zero attached hydrogens (tertiary/aromatic N) is 1. The Morgan fingerprint density at radius 3 is 2.42 bits per heavy atom. The number of imide groups is 1. The van der Waals surface area contributed by atoms with Crippen LogP contribution in [0.2, 0.25) is 0 Å². The SMILES string of the molecule is CCOc1ccccc1NC1=C(c2ccc(C)c(C)c2)C(=O)N(CCOC(C)C)C1=O. The van der Waals surface area contributed by atoms with Crippen LogP contribution >= 0.6 is 0 Å². The molecule has 31 heavy (non-hydrogen) atoms. The maximum atomic E-state index is 13.3. The van der Waals surface area contributed by atoms with Crippen molar-refractivity contribution in [3.63, 3.8) is 0 Å². The summed E-state index contributed by atoms with van der Waals surface area (Å²) < 4.78 is 11.3. The highest BCUT2D eigenvalue weighted by atomic mass is 16.5. The fourth-order valence-electron chi connectivity index (χ4n) is 3.43. The molecule has 2 aromatic carbocycles. The molecule has 2 aromatic rings. The van der Waals surface area contributed by atoms with Crippen molar-refractivity contribution in [1.82, 2.24) is 4.90 Å². The number of benzene rings is 2. The predicted molar refractivity (Wildman–Crippen MR) is 122 cm³/mol. The molecule has 1 aliphatic heterocycles. The Hall–Kier alpha value is -3.12. The van der Waals surface area contributed by atoms with E-state index < -0.39 is 0 Å². The van der Waals surface area contributed by atoms with Gasteiger partial charge in [0.2, 0.25) is 0 Å². The lowest BCUT2D eigenvalue weighted by Gasteiger charge is -2.17. The maximum Gasteiger partial charge on any atom is 0.278 e. The van der Waals surface area contributed by atoms with Gasteiger partial charge in [0, 0.05) is 0 Å². The first-order valence-corrected chi connectivity index (χ1v) is 10.6. The van der Waals surface area contributed by atoms with Crippen molar-refractivity contribution in [3.8, 4) is 5.75 Å². The van der Waals surface area contributed by atoms with Gasteiger partial charge in [-0.1, -0.05) is 30.3 Å². The molecule has 1 N–H and O–H groups in total. The fraction of sp³-hybridized carbons (Fsp3) is 0.360. The van der Waals surface area contributed by atoms with Crippen molar-refractivity contribution in [2.75, 3.05) is 25.1 Å². The number of carbonyl (C=O) groups is 2. The normalized spacial score (nSPS) is 14.1. The van der Waals surface area contributed by atoms with Crippen LogP contribution in [0.15, 0.2) is 48.2 Å². The first kappa shape index (κ1) is 22.6. The van der Waals surface area contributed by atoms with Gasteiger partial charge in [0.25, 0.3) is 11.8 Å². The molecule has 6 heteroatoms. The van der Waals surface area contributed by atoms with E-state index in [0.717, 1.165) is 11.1 Å². The molecule has 1 heterocycles. The summed E-state index contributed by atoms with van der Waals surface area (Å²) in [6, 6.07) is 13.2. The van der Waals surface area contributed by atoms with Crippen LogP contribution in [-0.4, -0.2) is 42.6 Å². The molecule has 164 valence electrons. The molecule has 0 fully saturated rings. The minimum atomic E-state index is -0.364. The van der Waals surface area contributed by atoms with E-state index in [1.54, 1.807) is 0 Å². The maximum absolute atomic E-state index is 13.3. The number of aryl methyl sites for hydroxylation is 2. The van der Waals surface area contributed by atoms with E-state index in [1.807, 2.05) is 77.1 Å². The summed E-state index contributed by atoms with van der Waals surface area (Å²) in [5, 5.41) is 3.19. The Labute approximate surface area is 183 Å². The van der Waals surface area contributed by atoms with Gasteiger partial charge in [0.05, 0.1) is 37.1 Å². The highest BCUT2D eigenvalue weighted by molar-refractivity contribution is 6.36. The molecule has 0 radical (unpaired) electrons. The van der Waals surface area contributed by atoms with Gasteiger partial charge in [0.1, 0.15) is 11.4 Å². The van der Waals surface area contributed by atoms with Crippen molar-refractivity contribution in [2.24, 2.45) is 0 Å². The Bertz CT molecular complexity index is 1010. The van der Waals surface area contributed by atoms with Crippen LogP contribution in [0.1, 0.15) is 37.5 Å². The Morgan fingerprint density at radius 2 is 1.74 bits per heavy atom. The molecule has 0 spiro atoms. The van der Waals surface area contributed by atoms with Crippen molar-refractivity contribution in [1.29, 1.82) is 0 Å². The van der Waals surface area contributed by atoms with Crippen molar-refractivity contribution in [2.45, 2.75) is 40.7 Å². The van der Waals surface area contributed by atoms with Crippen molar-refractivity contribution in [3.05, 3.63) is 64.9 Å². The lowest BCUT2D eigenvalue weighted by molar-refractivity contribution is -0.137. The second-order valence-electron chi connectivity index (χ2n) is 7.78. The number of para-hydroxylation sites is 2. The molecule has 0 unspecified atom stereocenters. The summed E-state index contributed by atoms with van der Waals surface area (Å²) >= 11 is 0. The lowest BCUT2D eigenvalue weighted by atomic mass is 9.99. The van der Waals surface area contributed by atoms with Gasteiger partial charge >= 0.3 is 0 Å². The summed E-state index contributed by atoms with van der Waals surface area (Å²) in [5.41, 5.74) is 4.15. The summed E-state index contributed by atoms with van der Waals surface area (Å²) in [6.45, 7) is 10.7. The molecule has 2 amide bonds. The van der Waals surface area contributed by atoms with Crippen molar-refractivity contribution >= 4 is 23.1 Å². The molecule has 1 aliphatic rings. The monoisotopic (exact) mass is 422 g/mol. The summed E-state index contributed by atoms with van der Waals surface area (Å²) in [5.74, 6) is -0.0623. The number of hydrogen-bond acceptors (Lipinski definition) is 5. The van der Waals surface area contributed by atoms with E-state index in [4.69, 9.17) is 9.47 Å². The van der Waals surface area contributed by atoms with E-state index in [0.29, 0.717) is 29.2 Å². The van der Waals surface area contributed by atoms with E-state index in [1.165, 1.54) is 4.90 Å². The molecule has 0 aromatic heterocycles. The average Bonchev–Trinajstić information content (AvgIpc) is 2.96. The van der Waals surface area contributed by atoms with Gasteiger partial charge in [-0.15, -0.1) is 0 Å². The van der Waals surface area contributed by atoms with Gasteiger partial charge in [-0.3, -0.25) is 14.5 Å². The molecule has 3 rings (SSSR count). The van der Waals surface area contributed by atoms with E-state index >= 15 is 0 Å². The molecule has 6 nitrogen and oxygen atoms in total. The van der Waals surface area contributed by atoms with Crippen LogP contribution in [-0.2, 0) is 14.3 Å². The van der Waals surface area contributed by atoms with Crippen LogP contribution in [0.4, 0.5) is 5.69 Å². The van der Waals surface area contributed by atoms with E-state index in [9.17, 15) is 9.59 Å². The topological polar surface area (TPSA) is 67.9 Å². The fourth-order valence-corrected chi connectivity index (χ4v) is 3.43. The average molecular weight is 423 g/mol. The predicted octanol–water partition coefficient (Wildman–Crippen LogP) is 4.32. The van der Waals surface area contributed by atoms with Gasteiger partial charge in [-0.05, 0) is 63.4 Å². The zero-order valence-corrected chi connectivity index (χ0v) is 18.8. The minimum Gasteiger partial charge on any atom is -0.492 e. The standard InChI is InChI=1S/C25H30N2O4/c1-6-30-21-10-8-7-9-20(21)26-23-22(19-12-11-17(4)18(5)15-19)24(28)27(25(23)29)13-14-31-16(2)3/h7-12,15-16,26H,6,13-14H2,1-5H3. The van der Waals surface area contributed by atoms with Crippen LogP contribution in [0, 0.1) is 13.8 Å². The quantitative estimate of drug-likeness (QED) is 0.610. The molecule has 0 saturated carbocycles.